The highest BCUT2D eigenvalue weighted by Gasteiger charge is 2.58. The predicted octanol–water partition coefficient (Wildman–Crippen LogP) is 5.70. The second kappa shape index (κ2) is 27.8. The minimum Gasteiger partial charge on any atom is -0.507 e. The number of phenolic OH excluding ortho intramolecular Hbond substituents is 4. The van der Waals surface area contributed by atoms with E-state index in [-0.39, 0.29) is 148 Å². The number of carbonyl (C=O) groups excluding carboxylic acids is 6. The number of phenols is 4. The number of aliphatic hydroxyl groups is 2. The number of nitrogens with zero attached hydrogens (tertiary/aromatic N) is 3. The molecule has 7 N–H and O–H groups in total. The fraction of sp³-hybridized carbons (Fsp3) is 0.569. The molecule has 6 fully saturated rings. The average molecular weight is 1390 g/mol. The van der Waals surface area contributed by atoms with E-state index in [0.29, 0.717) is 39.1 Å². The summed E-state index contributed by atoms with van der Waals surface area (Å²) in [5.74, 6) is -6.58. The van der Waals surface area contributed by atoms with Crippen molar-refractivity contribution in [1.82, 2.24) is 15.2 Å². The Kier molecular flexibility index (Phi) is 20.1. The van der Waals surface area contributed by atoms with Crippen molar-refractivity contribution in [2.45, 2.75) is 198 Å². The van der Waals surface area contributed by atoms with Crippen molar-refractivity contribution in [2.24, 2.45) is 16.9 Å². The van der Waals surface area contributed by atoms with Crippen LogP contribution in [0.4, 0.5) is 0 Å². The van der Waals surface area contributed by atoms with Gasteiger partial charge in [-0.15, -0.1) is 0 Å². The summed E-state index contributed by atoms with van der Waals surface area (Å²) in [5.41, 5.74) is -2.68. The third-order valence-corrected chi connectivity index (χ3v) is 21.0. The van der Waals surface area contributed by atoms with Crippen LogP contribution in [0.15, 0.2) is 41.5 Å². The third kappa shape index (κ3) is 11.9. The minimum absolute atomic E-state index is 0. The smallest absolute Gasteiger partial charge is 0.242 e. The van der Waals surface area contributed by atoms with Gasteiger partial charge in [0.2, 0.25) is 17.5 Å². The van der Waals surface area contributed by atoms with Crippen molar-refractivity contribution in [1.29, 1.82) is 0 Å². The van der Waals surface area contributed by atoms with Crippen LogP contribution in [0.25, 0.3) is 0 Å². The van der Waals surface area contributed by atoms with E-state index in [2.05, 4.69) is 20.3 Å². The van der Waals surface area contributed by atoms with Gasteiger partial charge < -0.3 is 87.5 Å². The number of rotatable bonds is 14. The van der Waals surface area contributed by atoms with Gasteiger partial charge in [0.25, 0.3) is 0 Å². The molecule has 0 aromatic heterocycles. The number of methoxy groups -OCH3 is 4. The van der Waals surface area contributed by atoms with E-state index in [1.165, 1.54) is 38.5 Å². The maximum atomic E-state index is 14.1. The van der Waals surface area contributed by atoms with E-state index < -0.39 is 143 Å². The van der Waals surface area contributed by atoms with Crippen LogP contribution in [-0.2, 0) is 69.8 Å². The SMILES string of the molecule is C.CC/C(=N\NC(=O)C(C)C)[C@]1(O)Cc2c(O)c3c(c(O)c2[C@@H](O[C@H]2C[C@H]4[C@H](O[C@@H]5[C@@H](OC)OCCN54)[C@H](C)O2)C1)C(=O)c1c(OC)cccc1C3=O.COc1cccc2c1C(=O)c1c(O)c3c(c(O)c1C2=O)C[C@@](O)(C(=O)C(C)C)C[C@@H]3O[C@H]1C[C@H]2[C@H](O[C@@H]3[C@@H](OC)OCCN32)[C@H](C)O1. The summed E-state index contributed by atoms with van der Waals surface area (Å²) < 4.78 is 71.7. The molecule has 6 heterocycles. The monoisotopic (exact) mass is 1390 g/mol. The molecule has 4 aromatic carbocycles. The molecular weight excluding hydrogens is 1300 g/mol. The van der Waals surface area contributed by atoms with Crippen LogP contribution >= 0.6 is 0 Å². The topological polar surface area (TPSA) is 365 Å². The summed E-state index contributed by atoms with van der Waals surface area (Å²) >= 11 is 0. The zero-order chi connectivity index (χ0) is 70.7. The molecule has 28 nitrogen and oxygen atoms in total. The highest BCUT2D eigenvalue weighted by Crippen LogP contribution is 2.56. The molecule has 6 aliphatic heterocycles. The zero-order valence-electron chi connectivity index (χ0n) is 56.9. The normalized spacial score (nSPS) is 31.9. The van der Waals surface area contributed by atoms with Crippen LogP contribution in [0.5, 0.6) is 34.5 Å². The van der Waals surface area contributed by atoms with Gasteiger partial charge in [-0.3, -0.25) is 38.6 Å². The van der Waals surface area contributed by atoms with Gasteiger partial charge in [-0.05, 0) is 32.4 Å². The molecule has 14 rings (SSSR count). The summed E-state index contributed by atoms with van der Waals surface area (Å²) in [6, 6.07) is 8.79. The number of benzene rings is 4. The lowest BCUT2D eigenvalue weighted by Gasteiger charge is -2.44. The van der Waals surface area contributed by atoms with Crippen molar-refractivity contribution >= 4 is 40.5 Å². The first-order valence-corrected chi connectivity index (χ1v) is 33.6. The molecule has 0 saturated carbocycles. The van der Waals surface area contributed by atoms with Crippen molar-refractivity contribution in [3.8, 4) is 34.5 Å². The van der Waals surface area contributed by atoms with E-state index >= 15 is 0 Å². The molecule has 4 aromatic rings. The highest BCUT2D eigenvalue weighted by atomic mass is 16.7. The van der Waals surface area contributed by atoms with Crippen molar-refractivity contribution in [2.75, 3.05) is 54.7 Å². The van der Waals surface area contributed by atoms with Crippen LogP contribution in [-0.4, -0.2) is 221 Å². The zero-order valence-corrected chi connectivity index (χ0v) is 56.9. The minimum atomic E-state index is -2.01. The Hall–Kier alpha value is -7.39. The fourth-order valence-electron chi connectivity index (χ4n) is 16.4. The lowest BCUT2D eigenvalue weighted by Crippen LogP contribution is -2.55. The molecular formula is C72H88N4O24. The van der Waals surface area contributed by atoms with Gasteiger partial charge in [-0.2, -0.15) is 5.10 Å². The predicted molar refractivity (Wildman–Crippen MR) is 350 cm³/mol. The number of amides is 1. The standard InChI is InChI=1S/C37H45N3O12.C34H39NO12.CH4/c1-7-23(38-39-34(45)16(2)3)37(46)14-19-26(32(44)28-27(30(19)42)29(41)18-9-8-10-21(47-5)25(18)31(28)43)22(15-37)51-24-13-20-33(17(4)50-24)52-35-36(48-6)49-12-11-40(20)35;1-14(2)31(40)34(41)12-17-23(29(39)25-24(27(17)37)26(36)16-7-6-8-19(42-4)22(16)28(25)38)20(13-34)46-21-11-18-30(15(3)45-21)47-32-33(43-5)44-10-9-35(18)32;/h8-10,16-17,20,22,24,33,35-36,42,44,46H,7,11-15H2,1-6H3,(H,39,45);6-8,14-15,18,20-21,30,32-33,37,39,41H,9-13H2,1-5H3;1H4/b38-23+;;/t17-,20-,22-,24-,33+,35+,36-,37-;15-,18-,20-,21-,30+,32+,33-,34-;/m00./s1. The second-order valence-corrected chi connectivity index (χ2v) is 27.5. The molecule has 100 heavy (non-hydrogen) atoms. The number of Topliss-reactive ketones (excluding diaryl/α,β-unsaturated/α-hetero) is 1. The van der Waals surface area contributed by atoms with Gasteiger partial charge in [0.15, 0.2) is 55.0 Å². The molecule has 0 spiro atoms. The van der Waals surface area contributed by atoms with Gasteiger partial charge in [0.05, 0.1) is 90.9 Å². The van der Waals surface area contributed by atoms with Crippen LogP contribution in [0.1, 0.15) is 186 Å². The highest BCUT2D eigenvalue weighted by molar-refractivity contribution is 6.32. The number of hydrogen-bond donors (Lipinski definition) is 7. The van der Waals surface area contributed by atoms with Crippen LogP contribution in [0.2, 0.25) is 0 Å². The van der Waals surface area contributed by atoms with Gasteiger partial charge in [0.1, 0.15) is 57.9 Å². The Morgan fingerprint density at radius 2 is 1.02 bits per heavy atom. The van der Waals surface area contributed by atoms with Crippen molar-refractivity contribution < 1.29 is 116 Å². The molecule has 0 radical (unpaired) electrons. The summed E-state index contributed by atoms with van der Waals surface area (Å²) in [7, 11) is 5.85. The molecule has 28 heteroatoms. The Balaban J connectivity index is 0.000000189. The molecule has 0 unspecified atom stereocenters. The first-order chi connectivity index (χ1) is 47.2. The molecule has 540 valence electrons. The number of hydrazone groups is 1. The van der Waals surface area contributed by atoms with Gasteiger partial charge in [0, 0.05) is 123 Å². The van der Waals surface area contributed by atoms with Gasteiger partial charge >= 0.3 is 0 Å². The quantitative estimate of drug-likeness (QED) is 0.0390. The lowest BCUT2D eigenvalue weighted by molar-refractivity contribution is -0.256. The maximum absolute atomic E-state index is 14.1. The van der Waals surface area contributed by atoms with E-state index in [1.54, 1.807) is 61.0 Å². The van der Waals surface area contributed by atoms with E-state index in [4.69, 9.17) is 56.8 Å². The maximum Gasteiger partial charge on any atom is 0.242 e. The van der Waals surface area contributed by atoms with Crippen molar-refractivity contribution in [3.63, 3.8) is 0 Å². The number of nitrogens with one attached hydrogen (secondary N) is 1. The Morgan fingerprint density at radius 3 is 1.42 bits per heavy atom. The summed E-state index contributed by atoms with van der Waals surface area (Å²) in [6.45, 7) is 14.3. The van der Waals surface area contributed by atoms with Crippen LogP contribution in [0, 0.1) is 11.8 Å². The first kappa shape index (κ1) is 72.4. The summed E-state index contributed by atoms with van der Waals surface area (Å²) in [6.07, 6.45) is -7.97. The Bertz CT molecular complexity index is 3990. The van der Waals surface area contributed by atoms with Gasteiger partial charge in [-0.1, -0.05) is 66.3 Å². The molecule has 16 atom stereocenters. The van der Waals surface area contributed by atoms with Crippen LogP contribution in [0.3, 0.4) is 0 Å². The second-order valence-electron chi connectivity index (χ2n) is 27.5. The first-order valence-electron chi connectivity index (χ1n) is 33.6. The van der Waals surface area contributed by atoms with Crippen LogP contribution < -0.4 is 14.9 Å². The van der Waals surface area contributed by atoms with Crippen molar-refractivity contribution in [3.05, 3.63) is 103 Å². The van der Waals surface area contributed by atoms with E-state index in [1.807, 2.05) is 13.8 Å². The number of fused-ring (bicyclic) bond motifs is 12. The Labute approximate surface area is 577 Å². The molecule has 6 saturated heterocycles. The molecule has 10 aliphatic rings. The lowest BCUT2D eigenvalue weighted by atomic mass is 9.70. The molecule has 1 amide bonds. The largest absolute Gasteiger partial charge is 0.507 e. The number of carbonyl (C=O) groups is 6. The number of ether oxygens (including phenoxy) is 12. The molecule has 0 bridgehead atoms. The number of aromatic hydroxyl groups is 4. The number of ketones is 5. The van der Waals surface area contributed by atoms with E-state index in [0.717, 1.165) is 0 Å². The Morgan fingerprint density at radius 1 is 0.600 bits per heavy atom. The number of hydrogen-bond acceptors (Lipinski definition) is 27. The third-order valence-electron chi connectivity index (χ3n) is 21.0. The summed E-state index contributed by atoms with van der Waals surface area (Å²) in [4.78, 5) is 86.1. The fourth-order valence-corrected chi connectivity index (χ4v) is 16.4. The summed E-state index contributed by atoms with van der Waals surface area (Å²) in [5, 5.41) is 76.0. The number of morpholine rings is 2. The average Bonchev–Trinajstić information content (AvgIpc) is 1.01. The van der Waals surface area contributed by atoms with E-state index in [9.17, 15) is 59.4 Å². The molecule has 4 aliphatic carbocycles. The van der Waals surface area contributed by atoms with Gasteiger partial charge in [-0.25, -0.2) is 5.43 Å².